The Kier molecular flexibility index (Phi) is 7.23. The van der Waals surface area contributed by atoms with E-state index in [1.165, 1.54) is 0 Å². The third-order valence-corrected chi connectivity index (χ3v) is 3.50. The quantitative estimate of drug-likeness (QED) is 0.861. The number of benzene rings is 2. The molecule has 2 N–H and O–H groups in total. The van der Waals surface area contributed by atoms with Gasteiger partial charge in [0.05, 0.1) is 12.1 Å². The summed E-state index contributed by atoms with van der Waals surface area (Å²) in [6, 6.07) is 20.2. The van der Waals surface area contributed by atoms with E-state index in [9.17, 15) is 5.11 Å². The van der Waals surface area contributed by atoms with Crippen LogP contribution in [0.25, 0.3) is 0 Å². The van der Waals surface area contributed by atoms with Crippen molar-refractivity contribution < 1.29 is 5.11 Å². The van der Waals surface area contributed by atoms with Crippen molar-refractivity contribution in [1.29, 1.82) is 0 Å². The number of hydrogen-bond acceptors (Lipinski definition) is 3. The summed E-state index contributed by atoms with van der Waals surface area (Å²) >= 11 is 0. The molecule has 0 saturated heterocycles. The number of hydrogen-bond donors (Lipinski definition) is 2. The third-order valence-electron chi connectivity index (χ3n) is 3.50. The summed E-state index contributed by atoms with van der Waals surface area (Å²) in [4.78, 5) is 2.12. The molecule has 21 heavy (non-hydrogen) atoms. The number of halogens is 1. The average Bonchev–Trinajstić information content (AvgIpc) is 2.50. The van der Waals surface area contributed by atoms with Gasteiger partial charge in [0.25, 0.3) is 0 Å². The number of anilines is 1. The van der Waals surface area contributed by atoms with Crippen molar-refractivity contribution in [1.82, 2.24) is 5.32 Å². The Balaban J connectivity index is 0.00000220. The van der Waals surface area contributed by atoms with Gasteiger partial charge < -0.3 is 15.3 Å². The van der Waals surface area contributed by atoms with E-state index < -0.39 is 6.10 Å². The Labute approximate surface area is 133 Å². The molecule has 0 aliphatic rings. The highest BCUT2D eigenvalue weighted by molar-refractivity contribution is 5.85. The molecule has 0 aliphatic carbocycles. The first-order valence-corrected chi connectivity index (χ1v) is 6.89. The molecule has 0 bridgehead atoms. The molecule has 114 valence electrons. The molecule has 2 aromatic carbocycles. The number of nitrogens with one attached hydrogen (secondary N) is 1. The predicted molar refractivity (Wildman–Crippen MR) is 91.2 cm³/mol. The first-order valence-electron chi connectivity index (χ1n) is 6.89. The second-order valence-electron chi connectivity index (χ2n) is 4.93. The van der Waals surface area contributed by atoms with Crippen LogP contribution in [0, 0.1) is 0 Å². The van der Waals surface area contributed by atoms with Gasteiger partial charge >= 0.3 is 0 Å². The molecule has 3 nitrogen and oxygen atoms in total. The van der Waals surface area contributed by atoms with Gasteiger partial charge in [0, 0.05) is 19.3 Å². The smallest absolute Gasteiger partial charge is 0.0909 e. The summed E-state index contributed by atoms with van der Waals surface area (Å²) in [6.07, 6.45) is -0.479. The fourth-order valence-electron chi connectivity index (χ4n) is 2.50. The summed E-state index contributed by atoms with van der Waals surface area (Å²) in [7, 11) is 3.87. The molecule has 2 rings (SSSR count). The van der Waals surface area contributed by atoms with Crippen LogP contribution in [0.2, 0.25) is 0 Å². The second kappa shape index (κ2) is 8.67. The Hall–Kier alpha value is -1.55. The monoisotopic (exact) mass is 306 g/mol. The van der Waals surface area contributed by atoms with Crippen molar-refractivity contribution in [2.24, 2.45) is 0 Å². The molecule has 2 aromatic rings. The Morgan fingerprint density at radius 1 is 1.00 bits per heavy atom. The minimum atomic E-state index is -0.479. The normalized spacial score (nSPS) is 13.1. The second-order valence-corrected chi connectivity index (χ2v) is 4.93. The van der Waals surface area contributed by atoms with Gasteiger partial charge in [0.15, 0.2) is 0 Å². The standard InChI is InChI=1S/C17H22N2O.ClH/c1-18-13-16(20)17(14-9-5-3-6-10-14)19(2)15-11-7-4-8-12-15;/h3-12,16-18,20H,13H2,1-2H3;1H. The Morgan fingerprint density at radius 3 is 2.05 bits per heavy atom. The van der Waals surface area contributed by atoms with Crippen molar-refractivity contribution in [2.45, 2.75) is 12.1 Å². The van der Waals surface area contributed by atoms with Gasteiger partial charge in [0.2, 0.25) is 0 Å². The fourth-order valence-corrected chi connectivity index (χ4v) is 2.50. The Bertz CT molecular complexity index is 507. The zero-order valence-corrected chi connectivity index (χ0v) is 13.3. The van der Waals surface area contributed by atoms with Crippen LogP contribution in [0.1, 0.15) is 11.6 Å². The summed E-state index contributed by atoms with van der Waals surface area (Å²) < 4.78 is 0. The van der Waals surface area contributed by atoms with Crippen molar-refractivity contribution >= 4 is 18.1 Å². The van der Waals surface area contributed by atoms with Gasteiger partial charge in [-0.05, 0) is 24.7 Å². The van der Waals surface area contributed by atoms with Gasteiger partial charge in [0.1, 0.15) is 0 Å². The molecule has 0 radical (unpaired) electrons. The number of aliphatic hydroxyl groups excluding tert-OH is 1. The summed E-state index contributed by atoms with van der Waals surface area (Å²) in [5.74, 6) is 0. The molecular weight excluding hydrogens is 284 g/mol. The number of rotatable bonds is 6. The van der Waals surface area contributed by atoms with Crippen molar-refractivity contribution in [3.8, 4) is 0 Å². The number of likely N-dealkylation sites (N-methyl/N-ethyl adjacent to an activating group) is 2. The first-order chi connectivity index (χ1) is 9.74. The van der Waals surface area contributed by atoms with Gasteiger partial charge in [-0.25, -0.2) is 0 Å². The summed E-state index contributed by atoms with van der Waals surface area (Å²) in [6.45, 7) is 0.552. The molecular formula is C17H23ClN2O. The maximum Gasteiger partial charge on any atom is 0.0909 e. The van der Waals surface area contributed by atoms with Crippen LogP contribution in [0.5, 0.6) is 0 Å². The van der Waals surface area contributed by atoms with Gasteiger partial charge in [-0.2, -0.15) is 0 Å². The zero-order chi connectivity index (χ0) is 14.4. The van der Waals surface area contributed by atoms with Gasteiger partial charge in [-0.15, -0.1) is 12.4 Å². The highest BCUT2D eigenvalue weighted by atomic mass is 35.5. The van der Waals surface area contributed by atoms with E-state index >= 15 is 0 Å². The minimum absolute atomic E-state index is 0. The zero-order valence-electron chi connectivity index (χ0n) is 12.4. The van der Waals surface area contributed by atoms with Crippen LogP contribution in [-0.2, 0) is 0 Å². The third kappa shape index (κ3) is 4.46. The number of para-hydroxylation sites is 1. The van der Waals surface area contributed by atoms with Crippen LogP contribution in [0.15, 0.2) is 60.7 Å². The molecule has 4 heteroatoms. The molecule has 0 spiro atoms. The predicted octanol–water partition coefficient (Wildman–Crippen LogP) is 2.87. The van der Waals surface area contributed by atoms with E-state index in [4.69, 9.17) is 0 Å². The number of aliphatic hydroxyl groups is 1. The SMILES string of the molecule is CNCC(O)C(c1ccccc1)N(C)c1ccccc1.Cl. The molecule has 2 atom stereocenters. The minimum Gasteiger partial charge on any atom is -0.389 e. The van der Waals surface area contributed by atoms with E-state index in [2.05, 4.69) is 34.5 Å². The molecule has 0 heterocycles. The molecule has 0 saturated carbocycles. The van der Waals surface area contributed by atoms with Crippen LogP contribution in [0.4, 0.5) is 5.69 Å². The first kappa shape index (κ1) is 17.5. The lowest BCUT2D eigenvalue weighted by Gasteiger charge is -2.34. The van der Waals surface area contributed by atoms with Crippen molar-refractivity contribution in [2.75, 3.05) is 25.5 Å². The number of nitrogens with zero attached hydrogens (tertiary/aromatic N) is 1. The van der Waals surface area contributed by atoms with E-state index in [1.807, 2.05) is 50.5 Å². The van der Waals surface area contributed by atoms with Gasteiger partial charge in [-0.3, -0.25) is 0 Å². The largest absolute Gasteiger partial charge is 0.389 e. The lowest BCUT2D eigenvalue weighted by atomic mass is 9.99. The van der Waals surface area contributed by atoms with Crippen LogP contribution in [-0.4, -0.2) is 31.9 Å². The van der Waals surface area contributed by atoms with Crippen LogP contribution >= 0.6 is 12.4 Å². The highest BCUT2D eigenvalue weighted by Crippen LogP contribution is 2.28. The lowest BCUT2D eigenvalue weighted by molar-refractivity contribution is 0.142. The van der Waals surface area contributed by atoms with Crippen LogP contribution < -0.4 is 10.2 Å². The average molecular weight is 307 g/mol. The van der Waals surface area contributed by atoms with Crippen LogP contribution in [0.3, 0.4) is 0 Å². The van der Waals surface area contributed by atoms with E-state index in [0.29, 0.717) is 6.54 Å². The van der Waals surface area contributed by atoms with E-state index in [-0.39, 0.29) is 18.4 Å². The lowest BCUT2D eigenvalue weighted by Crippen LogP contribution is -2.39. The molecule has 0 aromatic heterocycles. The summed E-state index contributed by atoms with van der Waals surface area (Å²) in [5.41, 5.74) is 2.21. The molecule has 0 aliphatic heterocycles. The maximum atomic E-state index is 10.5. The maximum absolute atomic E-state index is 10.5. The van der Waals surface area contributed by atoms with Gasteiger partial charge in [-0.1, -0.05) is 48.5 Å². The molecule has 0 fully saturated rings. The van der Waals surface area contributed by atoms with E-state index in [0.717, 1.165) is 11.3 Å². The van der Waals surface area contributed by atoms with Crippen molar-refractivity contribution in [3.05, 3.63) is 66.2 Å². The topological polar surface area (TPSA) is 35.5 Å². The highest BCUT2D eigenvalue weighted by Gasteiger charge is 2.25. The summed E-state index contributed by atoms with van der Waals surface area (Å²) in [5, 5.41) is 13.5. The molecule has 2 unspecified atom stereocenters. The Morgan fingerprint density at radius 2 is 1.52 bits per heavy atom. The fraction of sp³-hybridized carbons (Fsp3) is 0.294. The molecule has 0 amide bonds. The van der Waals surface area contributed by atoms with E-state index in [1.54, 1.807) is 0 Å². The van der Waals surface area contributed by atoms with Crippen molar-refractivity contribution in [3.63, 3.8) is 0 Å².